The number of halogens is 1. The third-order valence-corrected chi connectivity index (χ3v) is 10.8. The Hall–Kier alpha value is -4.62. The highest BCUT2D eigenvalue weighted by Gasteiger charge is 2.24. The van der Waals surface area contributed by atoms with Crippen molar-refractivity contribution in [2.75, 3.05) is 39.3 Å². The lowest BCUT2D eigenvalue weighted by Gasteiger charge is -2.29. The van der Waals surface area contributed by atoms with Crippen molar-refractivity contribution in [1.29, 1.82) is 5.26 Å². The molecule has 1 N–H and O–H groups in total. The zero-order valence-corrected chi connectivity index (χ0v) is 31.5. The molecule has 53 heavy (non-hydrogen) atoms. The van der Waals surface area contributed by atoms with Gasteiger partial charge in [0.15, 0.2) is 0 Å². The molecule has 2 saturated heterocycles. The Morgan fingerprint density at radius 1 is 0.849 bits per heavy atom. The molecule has 0 atom stereocenters. The summed E-state index contributed by atoms with van der Waals surface area (Å²) in [5.74, 6) is 1.24. The highest BCUT2D eigenvalue weighted by molar-refractivity contribution is 6.32. The maximum Gasteiger partial charge on any atom is 0.306 e. The number of ether oxygens (including phenoxy) is 3. The largest absolute Gasteiger partial charge is 0.493 e. The van der Waals surface area contributed by atoms with Gasteiger partial charge in [0.1, 0.15) is 36.5 Å². The molecule has 0 amide bonds. The van der Waals surface area contributed by atoms with E-state index in [-0.39, 0.29) is 12.5 Å². The van der Waals surface area contributed by atoms with Crippen LogP contribution in [0.15, 0.2) is 67.0 Å². The monoisotopic (exact) mass is 736 g/mol. The van der Waals surface area contributed by atoms with Crippen LogP contribution >= 0.6 is 11.6 Å². The van der Waals surface area contributed by atoms with Gasteiger partial charge in [0.2, 0.25) is 0 Å². The number of carboxylic acids is 1. The van der Waals surface area contributed by atoms with Crippen molar-refractivity contribution in [3.8, 4) is 34.4 Å². The molecule has 0 spiro atoms. The number of aromatic nitrogens is 1. The average molecular weight is 737 g/mol. The second-order valence-corrected chi connectivity index (χ2v) is 14.6. The van der Waals surface area contributed by atoms with E-state index < -0.39 is 5.97 Å². The van der Waals surface area contributed by atoms with Crippen LogP contribution in [0.3, 0.4) is 0 Å². The van der Waals surface area contributed by atoms with Gasteiger partial charge in [-0.3, -0.25) is 14.7 Å². The van der Waals surface area contributed by atoms with Crippen molar-refractivity contribution in [1.82, 2.24) is 14.8 Å². The van der Waals surface area contributed by atoms with Crippen LogP contribution in [0.4, 0.5) is 0 Å². The second kappa shape index (κ2) is 18.4. The van der Waals surface area contributed by atoms with Gasteiger partial charge in [-0.1, -0.05) is 48.4 Å². The molecule has 2 aliphatic heterocycles. The molecule has 2 fully saturated rings. The number of nitriles is 1. The van der Waals surface area contributed by atoms with E-state index in [1.807, 2.05) is 24.3 Å². The normalized spacial score (nSPS) is 15.5. The molecule has 4 aromatic rings. The summed E-state index contributed by atoms with van der Waals surface area (Å²) in [6, 6.07) is 20.3. The van der Waals surface area contributed by atoms with Crippen LogP contribution in [0.5, 0.6) is 17.2 Å². The van der Waals surface area contributed by atoms with Gasteiger partial charge in [0.25, 0.3) is 0 Å². The minimum Gasteiger partial charge on any atom is -0.493 e. The minimum absolute atomic E-state index is 0.211. The highest BCUT2D eigenvalue weighted by atomic mass is 35.5. The van der Waals surface area contributed by atoms with Crippen LogP contribution in [0.1, 0.15) is 71.9 Å². The molecule has 10 heteroatoms. The van der Waals surface area contributed by atoms with Crippen LogP contribution in [-0.4, -0.2) is 65.2 Å². The minimum atomic E-state index is -0.677. The summed E-state index contributed by atoms with van der Waals surface area (Å²) in [5, 5.41) is 19.1. The number of carboxylic acid groups (broad SMARTS) is 1. The third-order valence-electron chi connectivity index (χ3n) is 10.5. The third kappa shape index (κ3) is 10.1. The Balaban J connectivity index is 1.12. The molecule has 1 aromatic heterocycles. The molecule has 6 rings (SSSR count). The van der Waals surface area contributed by atoms with E-state index in [1.54, 1.807) is 18.5 Å². The van der Waals surface area contributed by atoms with Gasteiger partial charge < -0.3 is 24.2 Å². The molecule has 9 nitrogen and oxygen atoms in total. The first-order valence-electron chi connectivity index (χ1n) is 18.7. The number of aliphatic carboxylic acids is 1. The summed E-state index contributed by atoms with van der Waals surface area (Å²) in [7, 11) is 0. The van der Waals surface area contributed by atoms with E-state index in [2.05, 4.69) is 59.0 Å². The Morgan fingerprint density at radius 3 is 2.34 bits per heavy atom. The van der Waals surface area contributed by atoms with Gasteiger partial charge >= 0.3 is 5.97 Å². The second-order valence-electron chi connectivity index (χ2n) is 14.2. The fourth-order valence-corrected chi connectivity index (χ4v) is 7.56. The number of pyridine rings is 1. The first kappa shape index (κ1) is 38.1. The standard InChI is InChI=1S/C43H49ClN4O5/c1-30-35(9-6-10-37(30)38-11-7-12-40(31(38)2)51-20-8-17-47-18-13-34(14-19-47)43(49)50)29-53-42-23-41(52-28-33-21-32(24-45)25-46-26-33)36(22-39(42)44)27-48-15-4-3-5-16-48/h6-7,9-12,21-23,25-26,34H,3-5,8,13-20,27-29H2,1-2H3,(H,49,50). The fraction of sp³-hybridized carbons (Fsp3) is 0.419. The SMILES string of the molecule is Cc1c(COc2cc(OCc3cncc(C#N)c3)c(CN3CCCCC3)cc2Cl)cccc1-c1cccc(OCCCN2CCC(C(=O)O)CC2)c1C. The Kier molecular flexibility index (Phi) is 13.2. The topological polar surface area (TPSA) is 108 Å². The number of carbonyl (C=O) groups is 1. The summed E-state index contributed by atoms with van der Waals surface area (Å²) in [4.78, 5) is 20.2. The van der Waals surface area contributed by atoms with Crippen molar-refractivity contribution >= 4 is 17.6 Å². The van der Waals surface area contributed by atoms with Gasteiger partial charge in [-0.05, 0) is 118 Å². The number of benzene rings is 3. The number of hydrogen-bond donors (Lipinski definition) is 1. The molecule has 0 bridgehead atoms. The van der Waals surface area contributed by atoms with Crippen LogP contribution in [0.25, 0.3) is 11.1 Å². The van der Waals surface area contributed by atoms with Gasteiger partial charge in [0, 0.05) is 42.7 Å². The Labute approximate surface area is 318 Å². The molecule has 278 valence electrons. The predicted molar refractivity (Wildman–Crippen MR) is 206 cm³/mol. The highest BCUT2D eigenvalue weighted by Crippen LogP contribution is 2.37. The van der Waals surface area contributed by atoms with Crippen molar-refractivity contribution in [3.63, 3.8) is 0 Å². The van der Waals surface area contributed by atoms with E-state index in [0.29, 0.717) is 48.1 Å². The molecule has 0 saturated carbocycles. The smallest absolute Gasteiger partial charge is 0.306 e. The summed E-state index contributed by atoms with van der Waals surface area (Å²) in [6.07, 6.45) is 9.20. The number of rotatable bonds is 15. The summed E-state index contributed by atoms with van der Waals surface area (Å²) in [5.41, 5.74) is 7.81. The lowest BCUT2D eigenvalue weighted by atomic mass is 9.93. The van der Waals surface area contributed by atoms with Gasteiger partial charge in [-0.25, -0.2) is 0 Å². The van der Waals surface area contributed by atoms with E-state index in [1.165, 1.54) is 19.3 Å². The first-order chi connectivity index (χ1) is 25.8. The van der Waals surface area contributed by atoms with Crippen molar-refractivity contribution in [2.24, 2.45) is 5.92 Å². The molecule has 2 aliphatic rings. The summed E-state index contributed by atoms with van der Waals surface area (Å²) >= 11 is 6.88. The molecule has 0 aliphatic carbocycles. The van der Waals surface area contributed by atoms with Gasteiger partial charge in [0.05, 0.1) is 23.1 Å². The lowest BCUT2D eigenvalue weighted by molar-refractivity contribution is -0.143. The maximum absolute atomic E-state index is 11.3. The average Bonchev–Trinajstić information content (AvgIpc) is 3.17. The Bertz CT molecular complexity index is 1910. The van der Waals surface area contributed by atoms with Crippen molar-refractivity contribution in [2.45, 2.75) is 72.1 Å². The van der Waals surface area contributed by atoms with E-state index in [4.69, 9.17) is 25.8 Å². The fourth-order valence-electron chi connectivity index (χ4n) is 7.32. The molecule has 3 aromatic carbocycles. The number of likely N-dealkylation sites (tertiary alicyclic amines) is 2. The quantitative estimate of drug-likeness (QED) is 0.120. The van der Waals surface area contributed by atoms with E-state index >= 15 is 0 Å². The van der Waals surface area contributed by atoms with Crippen molar-refractivity contribution < 1.29 is 24.1 Å². The summed E-state index contributed by atoms with van der Waals surface area (Å²) in [6.45, 7) is 10.8. The molecule has 3 heterocycles. The first-order valence-corrected chi connectivity index (χ1v) is 19.1. The molecule has 0 unspecified atom stereocenters. The maximum atomic E-state index is 11.3. The molecular formula is C43H49ClN4O5. The molecule has 0 radical (unpaired) electrons. The lowest BCUT2D eigenvalue weighted by Crippen LogP contribution is -2.37. The number of piperidine rings is 2. The number of nitrogens with zero attached hydrogens (tertiary/aromatic N) is 4. The van der Waals surface area contributed by atoms with Gasteiger partial charge in [-0.15, -0.1) is 0 Å². The van der Waals surface area contributed by atoms with Gasteiger partial charge in [-0.2, -0.15) is 5.26 Å². The van der Waals surface area contributed by atoms with Crippen LogP contribution in [0.2, 0.25) is 5.02 Å². The van der Waals surface area contributed by atoms with Crippen molar-refractivity contribution in [3.05, 3.63) is 105 Å². The van der Waals surface area contributed by atoms with Crippen LogP contribution in [-0.2, 0) is 24.6 Å². The Morgan fingerprint density at radius 2 is 1.58 bits per heavy atom. The van der Waals surface area contributed by atoms with Crippen LogP contribution in [0, 0.1) is 31.1 Å². The van der Waals surface area contributed by atoms with Crippen LogP contribution < -0.4 is 14.2 Å². The van der Waals surface area contributed by atoms with E-state index in [9.17, 15) is 15.2 Å². The summed E-state index contributed by atoms with van der Waals surface area (Å²) < 4.78 is 19.1. The molecular weight excluding hydrogens is 688 g/mol. The predicted octanol–water partition coefficient (Wildman–Crippen LogP) is 8.60. The van der Waals surface area contributed by atoms with E-state index in [0.717, 1.165) is 90.4 Å². The zero-order valence-electron chi connectivity index (χ0n) is 30.8. The number of hydrogen-bond acceptors (Lipinski definition) is 8. The zero-order chi connectivity index (χ0) is 37.2.